The maximum atomic E-state index is 10.8. The van der Waals surface area contributed by atoms with Crippen LogP contribution in [0.4, 0.5) is 0 Å². The van der Waals surface area contributed by atoms with Crippen molar-refractivity contribution in [2.45, 2.75) is 24.9 Å². The molecule has 0 aromatic rings. The number of rotatable bonds is 4. The van der Waals surface area contributed by atoms with E-state index in [4.69, 9.17) is 11.6 Å². The summed E-state index contributed by atoms with van der Waals surface area (Å²) in [5.74, 6) is 0. The summed E-state index contributed by atoms with van der Waals surface area (Å²) in [4.78, 5) is 0. The Kier molecular flexibility index (Phi) is 2.98. The van der Waals surface area contributed by atoms with E-state index in [1.807, 2.05) is 0 Å². The molecule has 4 nitrogen and oxygen atoms in total. The van der Waals surface area contributed by atoms with Crippen molar-refractivity contribution >= 4 is 21.6 Å². The highest BCUT2D eigenvalue weighted by molar-refractivity contribution is 7.90. The predicted molar refractivity (Wildman–Crippen MR) is 46.4 cm³/mol. The second-order valence-electron chi connectivity index (χ2n) is 3.12. The molecular weight excluding hydrogens is 202 g/mol. The lowest BCUT2D eigenvalue weighted by molar-refractivity contribution is -0.0270. The van der Waals surface area contributed by atoms with Gasteiger partial charge in [-0.25, -0.2) is 13.1 Å². The summed E-state index contributed by atoms with van der Waals surface area (Å²) in [5, 5.41) is 9.04. The van der Waals surface area contributed by atoms with Gasteiger partial charge in [0.1, 0.15) is 5.21 Å². The lowest BCUT2D eigenvalue weighted by atomic mass is 9.81. The average Bonchev–Trinajstić information content (AvgIpc) is 1.98. The van der Waals surface area contributed by atoms with Crippen LogP contribution in [0, 0.1) is 0 Å². The van der Waals surface area contributed by atoms with Crippen LogP contribution in [-0.4, -0.2) is 30.9 Å². The summed E-state index contributed by atoms with van der Waals surface area (Å²) in [6.07, 6.45) is 2.29. The van der Waals surface area contributed by atoms with Crippen molar-refractivity contribution < 1.29 is 13.5 Å². The molecule has 0 aromatic carbocycles. The molecule has 0 heterocycles. The second kappa shape index (κ2) is 3.49. The zero-order valence-electron chi connectivity index (χ0n) is 6.59. The van der Waals surface area contributed by atoms with Crippen molar-refractivity contribution in [2.75, 3.05) is 11.8 Å². The van der Waals surface area contributed by atoms with Crippen LogP contribution in [0.5, 0.6) is 0 Å². The lowest BCUT2D eigenvalue weighted by Crippen LogP contribution is -2.47. The van der Waals surface area contributed by atoms with Crippen LogP contribution >= 0.6 is 11.6 Å². The van der Waals surface area contributed by atoms with E-state index in [-0.39, 0.29) is 6.54 Å². The highest BCUT2D eigenvalue weighted by atomic mass is 35.5. The molecule has 1 rings (SSSR count). The van der Waals surface area contributed by atoms with Gasteiger partial charge in [-0.15, -0.1) is 11.6 Å². The van der Waals surface area contributed by atoms with Gasteiger partial charge in [0.25, 0.3) is 0 Å². The van der Waals surface area contributed by atoms with Crippen LogP contribution in [0.1, 0.15) is 19.3 Å². The molecule has 1 aliphatic carbocycles. The highest BCUT2D eigenvalue weighted by Crippen LogP contribution is 2.30. The fraction of sp³-hybridized carbons (Fsp3) is 1.00. The molecule has 72 valence electrons. The zero-order valence-corrected chi connectivity index (χ0v) is 8.16. The van der Waals surface area contributed by atoms with Gasteiger partial charge >= 0.3 is 0 Å². The summed E-state index contributed by atoms with van der Waals surface area (Å²) < 4.78 is 23.9. The number of hydrogen-bond acceptors (Lipinski definition) is 3. The minimum atomic E-state index is -3.37. The molecule has 0 radical (unpaired) electrons. The van der Waals surface area contributed by atoms with E-state index in [1.54, 1.807) is 0 Å². The molecule has 0 spiro atoms. The van der Waals surface area contributed by atoms with Crippen LogP contribution in [0.15, 0.2) is 0 Å². The maximum absolute atomic E-state index is 10.8. The fourth-order valence-corrected chi connectivity index (χ4v) is 1.84. The standard InChI is InChI=1S/C6H12ClNO3S/c7-5-12(10,11)8-4-6(9)2-1-3-6/h8-9H,1-5H2. The Morgan fingerprint density at radius 2 is 2.08 bits per heavy atom. The molecule has 6 heteroatoms. The fourth-order valence-electron chi connectivity index (χ4n) is 1.04. The van der Waals surface area contributed by atoms with Crippen LogP contribution in [0.3, 0.4) is 0 Å². The molecule has 0 aliphatic heterocycles. The Hall–Kier alpha value is 0.160. The Morgan fingerprint density at radius 3 is 2.42 bits per heavy atom. The molecule has 0 atom stereocenters. The molecule has 0 aromatic heterocycles. The second-order valence-corrected chi connectivity index (χ2v) is 5.51. The van der Waals surface area contributed by atoms with Gasteiger partial charge in [-0.3, -0.25) is 0 Å². The highest BCUT2D eigenvalue weighted by Gasteiger charge is 2.35. The van der Waals surface area contributed by atoms with Gasteiger partial charge in [0.2, 0.25) is 10.0 Å². The predicted octanol–water partition coefficient (Wildman–Crippen LogP) is 0.0171. The first-order chi connectivity index (χ1) is 5.47. The van der Waals surface area contributed by atoms with E-state index in [9.17, 15) is 13.5 Å². The molecule has 1 aliphatic rings. The number of alkyl halides is 1. The molecule has 2 N–H and O–H groups in total. The zero-order chi connectivity index (χ0) is 9.24. The molecule has 0 unspecified atom stereocenters. The van der Waals surface area contributed by atoms with Gasteiger partial charge in [-0.05, 0) is 19.3 Å². The number of hydrogen-bond donors (Lipinski definition) is 2. The van der Waals surface area contributed by atoms with Crippen molar-refractivity contribution in [1.82, 2.24) is 4.72 Å². The number of nitrogens with one attached hydrogen (secondary N) is 1. The molecule has 12 heavy (non-hydrogen) atoms. The average molecular weight is 214 g/mol. The Morgan fingerprint density at radius 1 is 1.50 bits per heavy atom. The molecular formula is C6H12ClNO3S. The smallest absolute Gasteiger partial charge is 0.225 e. The first kappa shape index (κ1) is 10.2. The SMILES string of the molecule is O=S(=O)(CCl)NCC1(O)CCC1. The minimum absolute atomic E-state index is 0.0854. The number of halogens is 1. The molecule has 1 fully saturated rings. The summed E-state index contributed by atoms with van der Waals surface area (Å²) in [5.41, 5.74) is -0.820. The molecule has 0 bridgehead atoms. The third kappa shape index (κ3) is 2.58. The first-order valence-electron chi connectivity index (χ1n) is 3.73. The Balaban J connectivity index is 2.35. The van der Waals surface area contributed by atoms with Crippen molar-refractivity contribution in [1.29, 1.82) is 0 Å². The monoisotopic (exact) mass is 213 g/mol. The molecule has 0 saturated heterocycles. The van der Waals surface area contributed by atoms with Gasteiger partial charge < -0.3 is 5.11 Å². The summed E-state index contributed by atoms with van der Waals surface area (Å²) in [7, 11) is -3.37. The normalized spacial score (nSPS) is 21.8. The van der Waals surface area contributed by atoms with Crippen molar-refractivity contribution in [3.63, 3.8) is 0 Å². The van der Waals surface area contributed by atoms with E-state index >= 15 is 0 Å². The number of aliphatic hydroxyl groups is 1. The van der Waals surface area contributed by atoms with Crippen molar-refractivity contribution in [2.24, 2.45) is 0 Å². The summed E-state index contributed by atoms with van der Waals surface area (Å²) in [6.45, 7) is 0.0854. The van der Waals surface area contributed by atoms with Gasteiger partial charge in [0.15, 0.2) is 0 Å². The van der Waals surface area contributed by atoms with E-state index in [0.717, 1.165) is 6.42 Å². The number of sulfonamides is 1. The maximum Gasteiger partial charge on any atom is 0.225 e. The van der Waals surface area contributed by atoms with E-state index in [0.29, 0.717) is 12.8 Å². The van der Waals surface area contributed by atoms with Gasteiger partial charge in [-0.2, -0.15) is 0 Å². The van der Waals surface area contributed by atoms with Crippen LogP contribution in [0.25, 0.3) is 0 Å². The minimum Gasteiger partial charge on any atom is -0.389 e. The molecule has 0 amide bonds. The van der Waals surface area contributed by atoms with Gasteiger partial charge in [-0.1, -0.05) is 0 Å². The van der Waals surface area contributed by atoms with Crippen molar-refractivity contribution in [3.05, 3.63) is 0 Å². The van der Waals surface area contributed by atoms with E-state index < -0.39 is 20.8 Å². The van der Waals surface area contributed by atoms with Gasteiger partial charge in [0, 0.05) is 6.54 Å². The van der Waals surface area contributed by atoms with Crippen LogP contribution < -0.4 is 4.72 Å². The van der Waals surface area contributed by atoms with Crippen molar-refractivity contribution in [3.8, 4) is 0 Å². The lowest BCUT2D eigenvalue weighted by Gasteiger charge is -2.36. The quantitative estimate of drug-likeness (QED) is 0.647. The van der Waals surface area contributed by atoms with Gasteiger partial charge in [0.05, 0.1) is 5.60 Å². The van der Waals surface area contributed by atoms with Crippen LogP contribution in [0.2, 0.25) is 0 Å². The summed E-state index contributed by atoms with van der Waals surface area (Å²) in [6, 6.07) is 0. The largest absolute Gasteiger partial charge is 0.389 e. The van der Waals surface area contributed by atoms with E-state index in [2.05, 4.69) is 4.72 Å². The Bertz CT molecular complexity index is 248. The third-order valence-corrected chi connectivity index (χ3v) is 3.78. The van der Waals surface area contributed by atoms with Crippen LogP contribution in [-0.2, 0) is 10.0 Å². The van der Waals surface area contributed by atoms with E-state index in [1.165, 1.54) is 0 Å². The molecule has 1 saturated carbocycles. The topological polar surface area (TPSA) is 66.4 Å². The first-order valence-corrected chi connectivity index (χ1v) is 5.92. The third-order valence-electron chi connectivity index (χ3n) is 2.05. The summed E-state index contributed by atoms with van der Waals surface area (Å²) >= 11 is 5.15. The Labute approximate surface area is 77.0 Å².